The first-order valence-corrected chi connectivity index (χ1v) is 9.83. The molecular weight excluding hydrogens is 336 g/mol. The van der Waals surface area contributed by atoms with Crippen LogP contribution in [0.4, 0.5) is 0 Å². The lowest BCUT2D eigenvalue weighted by molar-refractivity contribution is 0.0914. The molecule has 2 aliphatic rings. The average Bonchev–Trinajstić information content (AvgIpc) is 3.12. The van der Waals surface area contributed by atoms with Crippen LogP contribution in [-0.2, 0) is 0 Å². The van der Waals surface area contributed by atoms with E-state index in [-0.39, 0.29) is 18.3 Å². The molecule has 2 heterocycles. The second-order valence-electron chi connectivity index (χ2n) is 7.51. The molecule has 1 aromatic heterocycles. The third-order valence-corrected chi connectivity index (χ3v) is 5.63. The summed E-state index contributed by atoms with van der Waals surface area (Å²) in [7, 11) is 0. The minimum Gasteiger partial charge on any atom is -0.348 e. The monoisotopic (exact) mass is 368 g/mol. The van der Waals surface area contributed by atoms with Crippen molar-refractivity contribution in [2.75, 3.05) is 13.1 Å². The van der Waals surface area contributed by atoms with Crippen LogP contribution < -0.4 is 10.6 Å². The predicted octanol–water partition coefficient (Wildman–Crippen LogP) is 3.71. The quantitative estimate of drug-likeness (QED) is 0.804. The number of carbonyl (C=O) groups is 1. The molecule has 142 valence electrons. The number of rotatable bonds is 6. The Kier molecular flexibility index (Phi) is 8.24. The maximum Gasteiger partial charge on any atom is 0.271 e. The van der Waals surface area contributed by atoms with Gasteiger partial charge >= 0.3 is 0 Å². The number of nitrogens with zero attached hydrogens (tertiary/aromatic N) is 2. The van der Waals surface area contributed by atoms with Crippen molar-refractivity contribution in [3.05, 3.63) is 18.0 Å². The SMILES string of the molecule is CCCCC1CCC(NC(=O)c2ccn(C3CCCNC3)n2)CC1.Cl. The summed E-state index contributed by atoms with van der Waals surface area (Å²) < 4.78 is 1.96. The summed E-state index contributed by atoms with van der Waals surface area (Å²) in [6.07, 6.45) is 13.0. The van der Waals surface area contributed by atoms with Gasteiger partial charge in [-0.2, -0.15) is 5.10 Å². The van der Waals surface area contributed by atoms with Crippen molar-refractivity contribution in [3.63, 3.8) is 0 Å². The normalized spacial score (nSPS) is 26.7. The van der Waals surface area contributed by atoms with Crippen LogP contribution in [0.3, 0.4) is 0 Å². The van der Waals surface area contributed by atoms with Gasteiger partial charge in [-0.3, -0.25) is 9.48 Å². The average molecular weight is 369 g/mol. The summed E-state index contributed by atoms with van der Waals surface area (Å²) in [5.74, 6) is 0.866. The molecule has 6 heteroatoms. The third-order valence-electron chi connectivity index (χ3n) is 5.63. The fourth-order valence-electron chi connectivity index (χ4n) is 4.07. The molecule has 1 unspecified atom stereocenters. The number of hydrogen-bond acceptors (Lipinski definition) is 3. The van der Waals surface area contributed by atoms with Gasteiger partial charge in [0.1, 0.15) is 5.69 Å². The number of amides is 1. The molecule has 1 aromatic rings. The second-order valence-corrected chi connectivity index (χ2v) is 7.51. The lowest BCUT2D eigenvalue weighted by atomic mass is 9.83. The Balaban J connectivity index is 0.00000225. The number of halogens is 1. The zero-order valence-electron chi connectivity index (χ0n) is 15.4. The summed E-state index contributed by atoms with van der Waals surface area (Å²) in [6.45, 7) is 4.30. The Hall–Kier alpha value is -1.07. The summed E-state index contributed by atoms with van der Waals surface area (Å²) in [6, 6.07) is 2.57. The fourth-order valence-corrected chi connectivity index (χ4v) is 4.07. The molecule has 3 rings (SSSR count). The molecule has 2 fully saturated rings. The van der Waals surface area contributed by atoms with Gasteiger partial charge in [0.2, 0.25) is 0 Å². The van der Waals surface area contributed by atoms with Crippen LogP contribution in [0.25, 0.3) is 0 Å². The van der Waals surface area contributed by atoms with Crippen molar-refractivity contribution in [1.29, 1.82) is 0 Å². The Labute approximate surface area is 157 Å². The highest BCUT2D eigenvalue weighted by molar-refractivity contribution is 5.92. The molecule has 0 bridgehead atoms. The molecule has 2 N–H and O–H groups in total. The van der Waals surface area contributed by atoms with Crippen molar-refractivity contribution in [3.8, 4) is 0 Å². The minimum atomic E-state index is -0.00507. The van der Waals surface area contributed by atoms with Gasteiger partial charge in [-0.1, -0.05) is 26.2 Å². The summed E-state index contributed by atoms with van der Waals surface area (Å²) in [5.41, 5.74) is 0.564. The van der Waals surface area contributed by atoms with E-state index in [0.717, 1.165) is 38.3 Å². The lowest BCUT2D eigenvalue weighted by Crippen LogP contribution is -2.38. The first-order chi connectivity index (χ1) is 11.8. The fraction of sp³-hybridized carbons (Fsp3) is 0.789. The number of unbranched alkanes of at least 4 members (excludes halogenated alkanes) is 1. The largest absolute Gasteiger partial charge is 0.348 e. The van der Waals surface area contributed by atoms with Crippen molar-refractivity contribution in [2.45, 2.75) is 76.8 Å². The van der Waals surface area contributed by atoms with E-state index in [1.165, 1.54) is 38.5 Å². The molecule has 1 amide bonds. The van der Waals surface area contributed by atoms with Gasteiger partial charge in [-0.15, -0.1) is 12.4 Å². The maximum absolute atomic E-state index is 12.5. The van der Waals surface area contributed by atoms with Crippen LogP contribution in [0.5, 0.6) is 0 Å². The topological polar surface area (TPSA) is 59.0 Å². The van der Waals surface area contributed by atoms with Gasteiger partial charge in [-0.25, -0.2) is 0 Å². The summed E-state index contributed by atoms with van der Waals surface area (Å²) in [5, 5.41) is 11.1. The Morgan fingerprint density at radius 2 is 2.12 bits per heavy atom. The van der Waals surface area contributed by atoms with Gasteiger partial charge < -0.3 is 10.6 Å². The van der Waals surface area contributed by atoms with Gasteiger partial charge in [-0.05, 0) is 57.1 Å². The van der Waals surface area contributed by atoms with Crippen LogP contribution in [0.15, 0.2) is 12.3 Å². The number of carbonyl (C=O) groups excluding carboxylic acids is 1. The Morgan fingerprint density at radius 1 is 1.32 bits per heavy atom. The Morgan fingerprint density at radius 3 is 2.80 bits per heavy atom. The molecule has 0 aromatic carbocycles. The number of aromatic nitrogens is 2. The number of hydrogen-bond donors (Lipinski definition) is 2. The highest BCUT2D eigenvalue weighted by Gasteiger charge is 2.24. The summed E-state index contributed by atoms with van der Waals surface area (Å²) in [4.78, 5) is 12.5. The standard InChI is InChI=1S/C19H32N4O.ClH/c1-2-3-5-15-7-9-16(10-8-15)21-19(24)18-11-13-23(22-18)17-6-4-12-20-14-17;/h11,13,15-17,20H,2-10,12,14H2,1H3,(H,21,24);1H. The zero-order chi connectivity index (χ0) is 16.8. The van der Waals surface area contributed by atoms with Gasteiger partial charge in [0.15, 0.2) is 0 Å². The molecule has 5 nitrogen and oxygen atoms in total. The van der Waals surface area contributed by atoms with Crippen molar-refractivity contribution in [2.24, 2.45) is 5.92 Å². The van der Waals surface area contributed by atoms with Crippen LogP contribution in [-0.4, -0.2) is 34.8 Å². The molecule has 25 heavy (non-hydrogen) atoms. The van der Waals surface area contributed by atoms with E-state index >= 15 is 0 Å². The second kappa shape index (κ2) is 10.2. The highest BCUT2D eigenvalue weighted by Crippen LogP contribution is 2.28. The summed E-state index contributed by atoms with van der Waals surface area (Å²) >= 11 is 0. The molecule has 1 aliphatic carbocycles. The van der Waals surface area contributed by atoms with E-state index in [2.05, 4.69) is 22.7 Å². The van der Waals surface area contributed by atoms with Crippen LogP contribution in [0.2, 0.25) is 0 Å². The number of nitrogens with one attached hydrogen (secondary N) is 2. The molecule has 0 radical (unpaired) electrons. The van der Waals surface area contributed by atoms with E-state index < -0.39 is 0 Å². The zero-order valence-corrected chi connectivity index (χ0v) is 16.2. The first-order valence-electron chi connectivity index (χ1n) is 9.83. The van der Waals surface area contributed by atoms with E-state index in [0.29, 0.717) is 17.8 Å². The number of piperidine rings is 1. The molecule has 1 aliphatic heterocycles. The molecule has 1 saturated carbocycles. The predicted molar refractivity (Wildman–Crippen MR) is 103 cm³/mol. The van der Waals surface area contributed by atoms with Crippen molar-refractivity contribution < 1.29 is 4.79 Å². The third kappa shape index (κ3) is 5.71. The van der Waals surface area contributed by atoms with E-state index in [1.807, 2.05) is 16.9 Å². The van der Waals surface area contributed by atoms with E-state index in [9.17, 15) is 4.79 Å². The van der Waals surface area contributed by atoms with E-state index in [4.69, 9.17) is 0 Å². The molecule has 1 saturated heterocycles. The molecule has 1 atom stereocenters. The lowest BCUT2D eigenvalue weighted by Gasteiger charge is -2.29. The van der Waals surface area contributed by atoms with Gasteiger partial charge in [0.05, 0.1) is 6.04 Å². The van der Waals surface area contributed by atoms with Crippen LogP contribution >= 0.6 is 12.4 Å². The van der Waals surface area contributed by atoms with Crippen molar-refractivity contribution >= 4 is 18.3 Å². The smallest absolute Gasteiger partial charge is 0.271 e. The van der Waals surface area contributed by atoms with Gasteiger partial charge in [0, 0.05) is 18.8 Å². The first kappa shape index (κ1) is 20.2. The highest BCUT2D eigenvalue weighted by atomic mass is 35.5. The maximum atomic E-state index is 12.5. The van der Waals surface area contributed by atoms with Crippen molar-refractivity contribution in [1.82, 2.24) is 20.4 Å². The molecule has 0 spiro atoms. The van der Waals surface area contributed by atoms with Gasteiger partial charge in [0.25, 0.3) is 5.91 Å². The Bertz CT molecular complexity index is 519. The van der Waals surface area contributed by atoms with E-state index in [1.54, 1.807) is 0 Å². The van der Waals surface area contributed by atoms with Crippen LogP contribution in [0, 0.1) is 5.92 Å². The molecular formula is C19H33ClN4O. The van der Waals surface area contributed by atoms with Crippen LogP contribution in [0.1, 0.15) is 81.2 Å². The minimum absolute atomic E-state index is 0.